The van der Waals surface area contributed by atoms with Crippen LogP contribution < -0.4 is 16.4 Å². The van der Waals surface area contributed by atoms with Crippen LogP contribution in [0.2, 0.25) is 0 Å². The van der Waals surface area contributed by atoms with Gasteiger partial charge in [0.2, 0.25) is 5.91 Å². The van der Waals surface area contributed by atoms with E-state index in [0.717, 1.165) is 0 Å². The monoisotopic (exact) mass is 553 g/mol. The molecule has 3 heterocycles. The molecule has 2 atom stereocenters. The Hall–Kier alpha value is -4.93. The molecule has 0 aliphatic carbocycles. The van der Waals surface area contributed by atoms with Crippen LogP contribution in [0.1, 0.15) is 18.9 Å². The van der Waals surface area contributed by atoms with Gasteiger partial charge in [-0.05, 0) is 31.5 Å². The van der Waals surface area contributed by atoms with E-state index in [4.69, 9.17) is 11.0 Å². The number of allylic oxidation sites excluding steroid dienone is 1. The molecule has 2 unspecified atom stereocenters. The van der Waals surface area contributed by atoms with E-state index in [0.29, 0.717) is 47.6 Å². The second-order valence-corrected chi connectivity index (χ2v) is 9.14. The lowest BCUT2D eigenvalue weighted by Crippen LogP contribution is -2.36. The minimum Gasteiger partial charge on any atom is -0.404 e. The molecule has 3 amide bonds. The number of nitriles is 1. The number of carbonyl (C=O) groups is 2. The van der Waals surface area contributed by atoms with Crippen molar-refractivity contribution >= 4 is 35.1 Å². The van der Waals surface area contributed by atoms with Gasteiger partial charge < -0.3 is 21.3 Å². The molecule has 0 bridgehead atoms. The summed E-state index contributed by atoms with van der Waals surface area (Å²) in [5, 5.41) is 17.6. The Balaban J connectivity index is 1.47. The van der Waals surface area contributed by atoms with Gasteiger partial charge in [0.05, 0.1) is 30.1 Å². The zero-order valence-electron chi connectivity index (χ0n) is 21.4. The van der Waals surface area contributed by atoms with Crippen molar-refractivity contribution in [3.63, 3.8) is 0 Å². The van der Waals surface area contributed by atoms with Gasteiger partial charge in [-0.1, -0.05) is 12.1 Å². The van der Waals surface area contributed by atoms with E-state index in [1.807, 2.05) is 0 Å². The summed E-state index contributed by atoms with van der Waals surface area (Å²) < 4.78 is 38.6. The Morgan fingerprint density at radius 3 is 2.83 bits per heavy atom. The predicted molar refractivity (Wildman–Crippen MR) is 142 cm³/mol. The summed E-state index contributed by atoms with van der Waals surface area (Å²) in [4.78, 5) is 34.9. The Labute approximate surface area is 227 Å². The van der Waals surface area contributed by atoms with Gasteiger partial charge in [0.25, 0.3) is 0 Å². The van der Waals surface area contributed by atoms with Crippen molar-refractivity contribution in [2.45, 2.75) is 25.6 Å². The minimum atomic E-state index is -4.52. The third-order valence-corrected chi connectivity index (χ3v) is 6.22. The molecule has 3 aromatic rings. The number of carbonyl (C=O) groups excluding carboxylic acids is 2. The minimum absolute atomic E-state index is 0.154. The molecule has 4 rings (SSSR count). The van der Waals surface area contributed by atoms with Gasteiger partial charge in [-0.25, -0.2) is 14.3 Å². The summed E-state index contributed by atoms with van der Waals surface area (Å²) in [5.41, 5.74) is 8.91. The van der Waals surface area contributed by atoms with Gasteiger partial charge >= 0.3 is 12.2 Å². The van der Waals surface area contributed by atoms with Crippen LogP contribution in [0.25, 0.3) is 22.5 Å². The zero-order chi connectivity index (χ0) is 28.9. The van der Waals surface area contributed by atoms with E-state index < -0.39 is 24.8 Å². The fourth-order valence-electron chi connectivity index (χ4n) is 4.14. The number of anilines is 1. The highest BCUT2D eigenvalue weighted by molar-refractivity contribution is 6.10. The maximum atomic E-state index is 12.7. The Bertz CT molecular complexity index is 1510. The number of likely N-dealkylation sites (tertiary alicyclic amines) is 1. The van der Waals surface area contributed by atoms with E-state index in [-0.39, 0.29) is 17.5 Å². The number of alkyl halides is 3. The average Bonchev–Trinajstić information content (AvgIpc) is 3.59. The third kappa shape index (κ3) is 6.73. The first kappa shape index (κ1) is 28.1. The number of rotatable bonds is 7. The first-order valence-electron chi connectivity index (χ1n) is 12.3. The number of hydrogen-bond donors (Lipinski definition) is 3. The van der Waals surface area contributed by atoms with E-state index >= 15 is 0 Å². The van der Waals surface area contributed by atoms with Crippen LogP contribution in [0.5, 0.6) is 0 Å². The standard InChI is InChI=1S/C26H26F3N9O2/c1-16(24(39)37-6-5-17(9-30)14-37)32-11-20(10-31)19-8-23-33-13-22(38(23)35-12-19)18-3-2-4-21(7-18)36-25(40)34-15-26(27,28)29/h2-4,7-8,10-13,16-17H,5-6,14-15,31H2,1H3,(H2,34,36,40). The predicted octanol–water partition coefficient (Wildman–Crippen LogP) is 3.21. The smallest absolute Gasteiger partial charge is 0.404 e. The van der Waals surface area contributed by atoms with E-state index in [2.05, 4.69) is 26.5 Å². The highest BCUT2D eigenvalue weighted by Crippen LogP contribution is 2.25. The van der Waals surface area contributed by atoms with Crippen LogP contribution in [0.4, 0.5) is 23.7 Å². The number of halogens is 3. The van der Waals surface area contributed by atoms with Gasteiger partial charge in [-0.15, -0.1) is 0 Å². The lowest BCUT2D eigenvalue weighted by molar-refractivity contribution is -0.131. The molecule has 11 nitrogen and oxygen atoms in total. The summed E-state index contributed by atoms with van der Waals surface area (Å²) in [6.45, 7) is 1.17. The number of hydrogen-bond acceptors (Lipinski definition) is 7. The second-order valence-electron chi connectivity index (χ2n) is 9.14. The van der Waals surface area contributed by atoms with Crippen LogP contribution >= 0.6 is 0 Å². The SMILES string of the molecule is CC(N=CC(=CN)c1cnn2c(-c3cccc(NC(=O)NCC(F)(F)F)c3)cnc2c1)C(=O)N1CCC(C#N)C1. The second kappa shape index (κ2) is 11.9. The number of nitrogens with one attached hydrogen (secondary N) is 2. The molecule has 4 N–H and O–H groups in total. The number of urea groups is 1. The number of aliphatic imine (C=N–C) groups is 1. The summed E-state index contributed by atoms with van der Waals surface area (Å²) >= 11 is 0. The van der Waals surface area contributed by atoms with Gasteiger partial charge in [0.15, 0.2) is 5.65 Å². The first-order chi connectivity index (χ1) is 19.1. The summed E-state index contributed by atoms with van der Waals surface area (Å²) in [6.07, 6.45) is 2.11. The molecule has 0 saturated carbocycles. The fraction of sp³-hybridized carbons (Fsp3) is 0.308. The molecule has 1 aliphatic rings. The highest BCUT2D eigenvalue weighted by Gasteiger charge is 2.29. The number of fused-ring (bicyclic) bond motifs is 1. The molecule has 208 valence electrons. The van der Waals surface area contributed by atoms with Crippen molar-refractivity contribution in [2.24, 2.45) is 16.6 Å². The van der Waals surface area contributed by atoms with Crippen molar-refractivity contribution in [3.8, 4) is 17.3 Å². The van der Waals surface area contributed by atoms with Gasteiger partial charge in [-0.3, -0.25) is 9.79 Å². The molecule has 0 spiro atoms. The molecule has 40 heavy (non-hydrogen) atoms. The Morgan fingerprint density at radius 1 is 1.32 bits per heavy atom. The molecule has 2 aromatic heterocycles. The van der Waals surface area contributed by atoms with E-state index in [1.165, 1.54) is 12.4 Å². The zero-order valence-corrected chi connectivity index (χ0v) is 21.4. The van der Waals surface area contributed by atoms with Crippen LogP contribution in [-0.4, -0.2) is 69.5 Å². The summed E-state index contributed by atoms with van der Waals surface area (Å²) in [5.74, 6) is -0.315. The van der Waals surface area contributed by atoms with E-state index in [9.17, 15) is 22.8 Å². The van der Waals surface area contributed by atoms with Gasteiger partial charge in [-0.2, -0.15) is 23.5 Å². The highest BCUT2D eigenvalue weighted by atomic mass is 19.4. The number of nitrogens with zero attached hydrogens (tertiary/aromatic N) is 6. The van der Waals surface area contributed by atoms with Crippen LogP contribution in [0.15, 0.2) is 53.9 Å². The van der Waals surface area contributed by atoms with Crippen molar-refractivity contribution < 1.29 is 22.8 Å². The van der Waals surface area contributed by atoms with Crippen molar-refractivity contribution in [2.75, 3.05) is 25.0 Å². The van der Waals surface area contributed by atoms with Crippen molar-refractivity contribution in [1.29, 1.82) is 5.26 Å². The molecular formula is C26H26F3N9O2. The number of amides is 3. The topological polar surface area (TPSA) is 154 Å². The lowest BCUT2D eigenvalue weighted by Gasteiger charge is -2.18. The maximum absolute atomic E-state index is 12.7. The number of aromatic nitrogens is 3. The summed E-state index contributed by atoms with van der Waals surface area (Å²) in [6, 6.07) is 8.79. The van der Waals surface area contributed by atoms with Crippen LogP contribution in [-0.2, 0) is 4.79 Å². The quantitative estimate of drug-likeness (QED) is 0.382. The Kier molecular flexibility index (Phi) is 8.32. The van der Waals surface area contributed by atoms with Crippen LogP contribution in [0, 0.1) is 17.2 Å². The average molecular weight is 554 g/mol. The molecule has 14 heteroatoms. The molecular weight excluding hydrogens is 527 g/mol. The van der Waals surface area contributed by atoms with Crippen LogP contribution in [0.3, 0.4) is 0 Å². The molecule has 1 aromatic carbocycles. The van der Waals surface area contributed by atoms with Crippen molar-refractivity contribution in [3.05, 3.63) is 54.5 Å². The summed E-state index contributed by atoms with van der Waals surface area (Å²) in [7, 11) is 0. The number of benzene rings is 1. The third-order valence-electron chi connectivity index (χ3n) is 6.22. The van der Waals surface area contributed by atoms with E-state index in [1.54, 1.807) is 64.4 Å². The fourth-order valence-corrected chi connectivity index (χ4v) is 4.14. The largest absolute Gasteiger partial charge is 0.405 e. The first-order valence-corrected chi connectivity index (χ1v) is 12.3. The molecule has 1 fully saturated rings. The lowest BCUT2D eigenvalue weighted by atomic mass is 10.1. The maximum Gasteiger partial charge on any atom is 0.405 e. The van der Waals surface area contributed by atoms with Crippen molar-refractivity contribution in [1.82, 2.24) is 24.8 Å². The molecule has 1 saturated heterocycles. The van der Waals surface area contributed by atoms with Gasteiger partial charge in [0.1, 0.15) is 12.6 Å². The normalized spacial score (nSPS) is 16.7. The van der Waals surface area contributed by atoms with Gasteiger partial charge in [0, 0.05) is 47.9 Å². The number of imidazole rings is 1. The number of nitrogens with two attached hydrogens (primary N) is 1. The Morgan fingerprint density at radius 2 is 2.12 bits per heavy atom. The molecule has 1 aliphatic heterocycles. The molecule has 0 radical (unpaired) electrons.